The molecule has 4 rings (SSSR count). The van der Waals surface area contributed by atoms with E-state index < -0.39 is 12.5 Å². The van der Waals surface area contributed by atoms with Crippen molar-refractivity contribution >= 4 is 5.65 Å². The minimum Gasteiger partial charge on any atom is -0.391 e. The van der Waals surface area contributed by atoms with Crippen LogP contribution in [0.2, 0.25) is 0 Å². The Balaban J connectivity index is 1.76. The molecule has 3 aromatic rings. The van der Waals surface area contributed by atoms with E-state index in [9.17, 15) is 4.79 Å². The van der Waals surface area contributed by atoms with Crippen LogP contribution in [-0.4, -0.2) is 43.5 Å². The van der Waals surface area contributed by atoms with Crippen molar-refractivity contribution in [3.05, 3.63) is 53.3 Å². The van der Waals surface area contributed by atoms with Crippen molar-refractivity contribution in [1.29, 1.82) is 0 Å². The van der Waals surface area contributed by atoms with Crippen molar-refractivity contribution in [2.75, 3.05) is 13.2 Å². The van der Waals surface area contributed by atoms with Crippen LogP contribution in [0, 0.1) is 0 Å². The normalized spacial score (nSPS) is 21.1. The molecule has 3 aromatic heterocycles. The van der Waals surface area contributed by atoms with Crippen LogP contribution in [0.15, 0.2) is 47.7 Å². The number of aliphatic hydroxyl groups excluding tert-OH is 1. The van der Waals surface area contributed by atoms with Crippen LogP contribution in [0.5, 0.6) is 0 Å². The molecule has 0 spiro atoms. The third kappa shape index (κ3) is 2.42. The first-order valence-corrected chi connectivity index (χ1v) is 7.16. The molecule has 0 bridgehead atoms. The molecular weight excluding hydrogens is 300 g/mol. The fraction of sp³-hybridized carbons (Fsp3) is 0.267. The molecule has 2 unspecified atom stereocenters. The van der Waals surface area contributed by atoms with Crippen LogP contribution >= 0.6 is 0 Å². The summed E-state index contributed by atoms with van der Waals surface area (Å²) in [4.78, 5) is 21.3. The molecule has 0 radical (unpaired) electrons. The highest BCUT2D eigenvalue weighted by Crippen LogP contribution is 2.20. The van der Waals surface area contributed by atoms with Gasteiger partial charge in [0.1, 0.15) is 11.3 Å². The topological polar surface area (TPSA) is 90.9 Å². The third-order valence-corrected chi connectivity index (χ3v) is 3.66. The molecule has 4 heterocycles. The maximum atomic E-state index is 12.6. The molecule has 0 aromatic carbocycles. The third-order valence-electron chi connectivity index (χ3n) is 3.66. The summed E-state index contributed by atoms with van der Waals surface area (Å²) in [5.74, 6) is 0. The van der Waals surface area contributed by atoms with E-state index >= 15 is 0 Å². The van der Waals surface area contributed by atoms with E-state index in [2.05, 4.69) is 9.97 Å². The van der Waals surface area contributed by atoms with E-state index in [1.165, 1.54) is 8.97 Å². The van der Waals surface area contributed by atoms with Gasteiger partial charge in [0, 0.05) is 18.6 Å². The average Bonchev–Trinajstić information content (AvgIpc) is 3.23. The molecule has 1 fully saturated rings. The van der Waals surface area contributed by atoms with Gasteiger partial charge in [-0.15, -0.1) is 0 Å². The van der Waals surface area contributed by atoms with Gasteiger partial charge in [0.2, 0.25) is 0 Å². The minimum atomic E-state index is -0.700. The van der Waals surface area contributed by atoms with Gasteiger partial charge >= 0.3 is 5.69 Å². The molecule has 1 aliphatic heterocycles. The Labute approximate surface area is 130 Å². The van der Waals surface area contributed by atoms with Crippen molar-refractivity contribution in [2.24, 2.45) is 0 Å². The molecule has 0 saturated carbocycles. The first kappa shape index (κ1) is 14.1. The van der Waals surface area contributed by atoms with Crippen molar-refractivity contribution in [3.63, 3.8) is 0 Å². The van der Waals surface area contributed by atoms with Crippen molar-refractivity contribution < 1.29 is 14.6 Å². The Morgan fingerprint density at radius 2 is 2.22 bits per heavy atom. The second-order valence-electron chi connectivity index (χ2n) is 5.11. The van der Waals surface area contributed by atoms with Gasteiger partial charge in [-0.05, 0) is 18.2 Å². The molecule has 1 aliphatic rings. The zero-order valence-corrected chi connectivity index (χ0v) is 12.1. The lowest BCUT2D eigenvalue weighted by Gasteiger charge is -2.12. The number of aromatic nitrogens is 4. The minimum absolute atomic E-state index is 0.207. The van der Waals surface area contributed by atoms with Gasteiger partial charge in [-0.3, -0.25) is 14.0 Å². The quantitative estimate of drug-likeness (QED) is 0.753. The van der Waals surface area contributed by atoms with Gasteiger partial charge in [-0.1, -0.05) is 6.07 Å². The van der Waals surface area contributed by atoms with Crippen molar-refractivity contribution in [1.82, 2.24) is 18.9 Å². The van der Waals surface area contributed by atoms with E-state index in [1.807, 2.05) is 18.2 Å². The molecular formula is C15H14N4O4. The molecule has 1 N–H and O–H groups in total. The molecule has 1 saturated heterocycles. The lowest BCUT2D eigenvalue weighted by atomic mass is 10.3. The van der Waals surface area contributed by atoms with Crippen LogP contribution in [0.1, 0.15) is 6.23 Å². The number of imidazole rings is 1. The van der Waals surface area contributed by atoms with Gasteiger partial charge in [0.05, 0.1) is 18.9 Å². The first-order chi connectivity index (χ1) is 11.3. The second kappa shape index (κ2) is 5.58. The van der Waals surface area contributed by atoms with Crippen LogP contribution < -0.4 is 5.69 Å². The fourth-order valence-electron chi connectivity index (χ4n) is 2.54. The predicted molar refractivity (Wildman–Crippen MR) is 79.6 cm³/mol. The average molecular weight is 314 g/mol. The second-order valence-corrected chi connectivity index (χ2v) is 5.11. The van der Waals surface area contributed by atoms with Gasteiger partial charge in [0.25, 0.3) is 0 Å². The van der Waals surface area contributed by atoms with Crippen LogP contribution in [-0.2, 0) is 9.47 Å². The van der Waals surface area contributed by atoms with E-state index in [-0.39, 0.29) is 18.9 Å². The molecule has 8 heteroatoms. The van der Waals surface area contributed by atoms with E-state index in [0.29, 0.717) is 17.0 Å². The lowest BCUT2D eigenvalue weighted by molar-refractivity contribution is -0.0993. The Morgan fingerprint density at radius 1 is 1.30 bits per heavy atom. The highest BCUT2D eigenvalue weighted by atomic mass is 16.7. The van der Waals surface area contributed by atoms with Crippen LogP contribution in [0.3, 0.4) is 0 Å². The number of fused-ring (bicyclic) bond motifs is 1. The number of rotatable bonds is 3. The Hall–Kier alpha value is -2.55. The van der Waals surface area contributed by atoms with Gasteiger partial charge in [-0.2, -0.15) is 0 Å². The Kier molecular flexibility index (Phi) is 3.41. The number of ether oxygens (including phenoxy) is 2. The van der Waals surface area contributed by atoms with Crippen LogP contribution in [0.25, 0.3) is 17.0 Å². The summed E-state index contributed by atoms with van der Waals surface area (Å²) in [6.07, 6.45) is 3.67. The number of aliphatic hydroxyl groups is 1. The fourth-order valence-corrected chi connectivity index (χ4v) is 2.54. The summed E-state index contributed by atoms with van der Waals surface area (Å²) < 4.78 is 13.6. The zero-order chi connectivity index (χ0) is 15.8. The van der Waals surface area contributed by atoms with Crippen LogP contribution in [0.4, 0.5) is 0 Å². The maximum Gasteiger partial charge on any atom is 0.336 e. The molecule has 0 aliphatic carbocycles. The van der Waals surface area contributed by atoms with E-state index in [4.69, 9.17) is 14.6 Å². The van der Waals surface area contributed by atoms with Gasteiger partial charge < -0.3 is 14.6 Å². The molecule has 0 amide bonds. The standard InChI is InChI=1S/C15H14N4O4/c20-8-14-22-9-13(23-14)18-6-4-12-17-11(7-19(12)15(18)21)10-3-1-2-5-16-10/h1-7,13-14,20H,8-9H2. The summed E-state index contributed by atoms with van der Waals surface area (Å²) in [5, 5.41) is 9.04. The SMILES string of the molecule is O=c1n(C2COC(CO)O2)ccc2nc(-c3ccccn3)cn12. The smallest absolute Gasteiger partial charge is 0.336 e. The summed E-state index contributed by atoms with van der Waals surface area (Å²) in [5.41, 5.74) is 1.56. The number of nitrogens with zero attached hydrogens (tertiary/aromatic N) is 4. The Morgan fingerprint density at radius 3 is 2.96 bits per heavy atom. The van der Waals surface area contributed by atoms with Gasteiger partial charge in [0.15, 0.2) is 12.5 Å². The van der Waals surface area contributed by atoms with Crippen molar-refractivity contribution in [2.45, 2.75) is 12.5 Å². The zero-order valence-electron chi connectivity index (χ0n) is 12.1. The monoisotopic (exact) mass is 314 g/mol. The summed E-state index contributed by atoms with van der Waals surface area (Å²) in [6, 6.07) is 7.24. The highest BCUT2D eigenvalue weighted by molar-refractivity contribution is 5.58. The molecule has 2 atom stereocenters. The van der Waals surface area contributed by atoms with Gasteiger partial charge in [-0.25, -0.2) is 9.78 Å². The van der Waals surface area contributed by atoms with Crippen molar-refractivity contribution in [3.8, 4) is 11.4 Å². The van der Waals surface area contributed by atoms with E-state index in [0.717, 1.165) is 0 Å². The molecule has 118 valence electrons. The molecule has 8 nitrogen and oxygen atoms in total. The maximum absolute atomic E-state index is 12.6. The predicted octanol–water partition coefficient (Wildman–Crippen LogP) is 0.422. The number of hydrogen-bond donors (Lipinski definition) is 1. The van der Waals surface area contributed by atoms with E-state index in [1.54, 1.807) is 24.7 Å². The highest BCUT2D eigenvalue weighted by Gasteiger charge is 2.27. The number of pyridine rings is 1. The summed E-state index contributed by atoms with van der Waals surface area (Å²) >= 11 is 0. The number of hydrogen-bond acceptors (Lipinski definition) is 6. The Bertz CT molecular complexity index is 889. The lowest BCUT2D eigenvalue weighted by Crippen LogP contribution is -2.30. The largest absolute Gasteiger partial charge is 0.391 e. The molecule has 23 heavy (non-hydrogen) atoms. The summed E-state index contributed by atoms with van der Waals surface area (Å²) in [6.45, 7) is -0.0408. The first-order valence-electron chi connectivity index (χ1n) is 7.16. The summed E-state index contributed by atoms with van der Waals surface area (Å²) in [7, 11) is 0.